The summed E-state index contributed by atoms with van der Waals surface area (Å²) in [5.74, 6) is 1.88. The lowest BCUT2D eigenvalue weighted by molar-refractivity contribution is 0.771. The number of rotatable bonds is 5. The average Bonchev–Trinajstić information content (AvgIpc) is 2.88. The summed E-state index contributed by atoms with van der Waals surface area (Å²) in [6, 6.07) is 4.35. The van der Waals surface area contributed by atoms with Gasteiger partial charge in [-0.25, -0.2) is 9.97 Å². The van der Waals surface area contributed by atoms with Gasteiger partial charge in [0.1, 0.15) is 16.8 Å². The van der Waals surface area contributed by atoms with Crippen LogP contribution in [0.4, 0.5) is 5.82 Å². The predicted octanol–water partition coefficient (Wildman–Crippen LogP) is 4.80. The van der Waals surface area contributed by atoms with E-state index in [-0.39, 0.29) is 5.92 Å². The lowest BCUT2D eigenvalue weighted by atomic mass is 10.2. The maximum absolute atomic E-state index is 6.18. The molecule has 1 N–H and O–H groups in total. The molecule has 2 aromatic rings. The first-order chi connectivity index (χ1) is 9.51. The Bertz CT molecular complexity index is 593. The third-order valence-electron chi connectivity index (χ3n) is 3.12. The molecule has 2 aromatic heterocycles. The highest BCUT2D eigenvalue weighted by atomic mass is 35.5. The number of aromatic nitrogens is 2. The molecule has 0 amide bonds. The first-order valence-corrected chi connectivity index (χ1v) is 8.06. The van der Waals surface area contributed by atoms with E-state index in [4.69, 9.17) is 11.6 Å². The van der Waals surface area contributed by atoms with Crippen LogP contribution in [0, 0.1) is 6.92 Å². The van der Waals surface area contributed by atoms with Crippen molar-refractivity contribution in [1.29, 1.82) is 0 Å². The van der Waals surface area contributed by atoms with E-state index in [1.54, 1.807) is 0 Å². The number of halogens is 1. The topological polar surface area (TPSA) is 37.8 Å². The van der Waals surface area contributed by atoms with Crippen molar-refractivity contribution >= 4 is 28.8 Å². The summed E-state index contributed by atoms with van der Waals surface area (Å²) < 4.78 is 0. The number of thiophene rings is 1. The van der Waals surface area contributed by atoms with E-state index in [1.807, 2.05) is 18.3 Å². The summed E-state index contributed by atoms with van der Waals surface area (Å²) in [7, 11) is 0. The zero-order chi connectivity index (χ0) is 14.7. The van der Waals surface area contributed by atoms with Gasteiger partial charge in [0.2, 0.25) is 0 Å². The number of nitrogens with one attached hydrogen (secondary N) is 1. The Hall–Kier alpha value is -1.13. The zero-order valence-electron chi connectivity index (χ0n) is 12.3. The van der Waals surface area contributed by atoms with E-state index < -0.39 is 0 Å². The fourth-order valence-corrected chi connectivity index (χ4v) is 2.89. The molecule has 2 heterocycles. The third kappa shape index (κ3) is 3.49. The molecule has 108 valence electrons. The fraction of sp³-hybridized carbons (Fsp3) is 0.467. The van der Waals surface area contributed by atoms with Gasteiger partial charge in [0.05, 0.1) is 6.54 Å². The van der Waals surface area contributed by atoms with Crippen LogP contribution in [-0.4, -0.2) is 9.97 Å². The maximum Gasteiger partial charge on any atom is 0.137 e. The summed E-state index contributed by atoms with van der Waals surface area (Å²) in [5, 5.41) is 3.91. The molecule has 0 aliphatic heterocycles. The van der Waals surface area contributed by atoms with Gasteiger partial charge in [0.15, 0.2) is 0 Å². The van der Waals surface area contributed by atoms with E-state index in [0.717, 1.165) is 30.2 Å². The van der Waals surface area contributed by atoms with Crippen LogP contribution < -0.4 is 5.32 Å². The van der Waals surface area contributed by atoms with Gasteiger partial charge >= 0.3 is 0 Å². The predicted molar refractivity (Wildman–Crippen MR) is 86.9 cm³/mol. The largest absolute Gasteiger partial charge is 0.365 e. The van der Waals surface area contributed by atoms with Gasteiger partial charge in [-0.2, -0.15) is 0 Å². The molecule has 0 spiro atoms. The van der Waals surface area contributed by atoms with Crippen LogP contribution in [0.15, 0.2) is 12.1 Å². The first kappa shape index (κ1) is 15.3. The monoisotopic (exact) mass is 309 g/mol. The van der Waals surface area contributed by atoms with Crippen molar-refractivity contribution in [1.82, 2.24) is 9.97 Å². The smallest absolute Gasteiger partial charge is 0.137 e. The van der Waals surface area contributed by atoms with Gasteiger partial charge in [-0.1, -0.05) is 32.4 Å². The molecule has 0 aliphatic carbocycles. The van der Waals surface area contributed by atoms with Crippen molar-refractivity contribution in [3.63, 3.8) is 0 Å². The molecule has 0 saturated heterocycles. The number of anilines is 1. The molecule has 0 radical (unpaired) electrons. The molecule has 0 unspecified atom stereocenters. The molecule has 2 rings (SSSR count). The second-order valence-corrected chi connectivity index (χ2v) is 6.69. The van der Waals surface area contributed by atoms with Crippen molar-refractivity contribution in [2.24, 2.45) is 0 Å². The quantitative estimate of drug-likeness (QED) is 0.806. The van der Waals surface area contributed by atoms with Crippen molar-refractivity contribution in [3.8, 4) is 0 Å². The van der Waals surface area contributed by atoms with Gasteiger partial charge in [-0.3, -0.25) is 0 Å². The molecular formula is C15H20ClN3S. The Morgan fingerprint density at radius 3 is 2.55 bits per heavy atom. The highest BCUT2D eigenvalue weighted by Gasteiger charge is 2.11. The minimum absolute atomic E-state index is 0.266. The second-order valence-electron chi connectivity index (χ2n) is 5.08. The van der Waals surface area contributed by atoms with Gasteiger partial charge in [-0.15, -0.1) is 11.3 Å². The van der Waals surface area contributed by atoms with Crippen molar-refractivity contribution in [2.45, 2.75) is 46.6 Å². The van der Waals surface area contributed by atoms with Crippen LogP contribution in [0.25, 0.3) is 0 Å². The van der Waals surface area contributed by atoms with Crippen LogP contribution in [0.2, 0.25) is 5.15 Å². The first-order valence-electron chi connectivity index (χ1n) is 6.86. The number of aryl methyl sites for hydroxylation is 1. The summed E-state index contributed by atoms with van der Waals surface area (Å²) in [6.07, 6.45) is 1.08. The molecule has 0 aliphatic rings. The molecule has 20 heavy (non-hydrogen) atoms. The van der Waals surface area contributed by atoms with Crippen LogP contribution >= 0.6 is 22.9 Å². The Balaban J connectivity index is 2.16. The second kappa shape index (κ2) is 6.55. The maximum atomic E-state index is 6.18. The van der Waals surface area contributed by atoms with Gasteiger partial charge in [0.25, 0.3) is 0 Å². The molecule has 0 atom stereocenters. The van der Waals surface area contributed by atoms with Crippen molar-refractivity contribution in [3.05, 3.63) is 38.4 Å². The molecule has 5 heteroatoms. The normalized spacial score (nSPS) is 11.1. The van der Waals surface area contributed by atoms with E-state index in [0.29, 0.717) is 5.15 Å². The average molecular weight is 310 g/mol. The molecule has 3 nitrogen and oxygen atoms in total. The van der Waals surface area contributed by atoms with Crippen LogP contribution in [0.5, 0.6) is 0 Å². The Morgan fingerprint density at radius 1 is 1.25 bits per heavy atom. The Morgan fingerprint density at radius 2 is 1.95 bits per heavy atom. The Labute approximate surface area is 129 Å². The van der Waals surface area contributed by atoms with Crippen LogP contribution in [0.1, 0.15) is 47.8 Å². The molecule has 0 aromatic carbocycles. The van der Waals surface area contributed by atoms with Gasteiger partial charge < -0.3 is 5.32 Å². The Kier molecular flexibility index (Phi) is 5.00. The SMILES string of the molecule is CCc1ccc(CNc2nc(C(C)C)nc(Cl)c2C)s1. The summed E-state index contributed by atoms with van der Waals surface area (Å²) in [5.41, 5.74) is 0.906. The number of hydrogen-bond donors (Lipinski definition) is 1. The molecule has 0 saturated carbocycles. The lowest BCUT2D eigenvalue weighted by Crippen LogP contribution is -2.07. The highest BCUT2D eigenvalue weighted by Crippen LogP contribution is 2.24. The zero-order valence-corrected chi connectivity index (χ0v) is 13.9. The van der Waals surface area contributed by atoms with Gasteiger partial charge in [-0.05, 0) is 25.5 Å². The minimum atomic E-state index is 0.266. The minimum Gasteiger partial charge on any atom is -0.365 e. The van der Waals surface area contributed by atoms with Crippen LogP contribution in [-0.2, 0) is 13.0 Å². The van der Waals surface area contributed by atoms with E-state index in [9.17, 15) is 0 Å². The third-order valence-corrected chi connectivity index (χ3v) is 4.71. The number of hydrogen-bond acceptors (Lipinski definition) is 4. The van der Waals surface area contributed by atoms with E-state index in [1.165, 1.54) is 9.75 Å². The highest BCUT2D eigenvalue weighted by molar-refractivity contribution is 7.12. The molecule has 0 bridgehead atoms. The van der Waals surface area contributed by atoms with Gasteiger partial charge in [0, 0.05) is 21.2 Å². The number of nitrogens with zero attached hydrogens (tertiary/aromatic N) is 2. The van der Waals surface area contributed by atoms with E-state index >= 15 is 0 Å². The fourth-order valence-electron chi connectivity index (χ4n) is 1.81. The van der Waals surface area contributed by atoms with Crippen molar-refractivity contribution in [2.75, 3.05) is 5.32 Å². The summed E-state index contributed by atoms with van der Waals surface area (Å²) in [6.45, 7) is 9.03. The summed E-state index contributed by atoms with van der Waals surface area (Å²) >= 11 is 8.02. The molecule has 0 fully saturated rings. The van der Waals surface area contributed by atoms with E-state index in [2.05, 4.69) is 48.2 Å². The summed E-state index contributed by atoms with van der Waals surface area (Å²) in [4.78, 5) is 11.6. The van der Waals surface area contributed by atoms with Crippen LogP contribution in [0.3, 0.4) is 0 Å². The lowest BCUT2D eigenvalue weighted by Gasteiger charge is -2.12. The standard InChI is InChI=1S/C15H20ClN3S/c1-5-11-6-7-12(20-11)8-17-15-10(4)13(16)18-14(19-15)9(2)3/h6-7,9H,5,8H2,1-4H3,(H,17,18,19). The van der Waals surface area contributed by atoms with Crippen molar-refractivity contribution < 1.29 is 0 Å². The molecular weight excluding hydrogens is 290 g/mol.